The summed E-state index contributed by atoms with van der Waals surface area (Å²) in [4.78, 5) is 25.3. The van der Waals surface area contributed by atoms with E-state index in [9.17, 15) is 9.59 Å². The van der Waals surface area contributed by atoms with Crippen LogP contribution >= 0.6 is 22.6 Å². The molecule has 0 aromatic heterocycles. The Labute approximate surface area is 206 Å². The van der Waals surface area contributed by atoms with Gasteiger partial charge in [0, 0.05) is 14.7 Å². The molecule has 0 spiro atoms. The first-order valence-corrected chi connectivity index (χ1v) is 11.2. The molecule has 0 aliphatic carbocycles. The second-order valence-corrected chi connectivity index (χ2v) is 8.19. The zero-order valence-corrected chi connectivity index (χ0v) is 20.4. The summed E-state index contributed by atoms with van der Waals surface area (Å²) in [5.41, 5.74) is 4.67. The van der Waals surface area contributed by atoms with E-state index in [1.54, 1.807) is 50.8 Å². The molecule has 0 aliphatic rings. The number of nitrogens with one attached hydrogen (secondary N) is 2. The lowest BCUT2D eigenvalue weighted by atomic mass is 10.0. The Balaban J connectivity index is 1.69. The lowest BCUT2D eigenvalue weighted by molar-refractivity contribution is -0.121. The van der Waals surface area contributed by atoms with Crippen LogP contribution in [0.5, 0.6) is 11.5 Å². The highest BCUT2D eigenvalue weighted by atomic mass is 127. The average molecular weight is 557 g/mol. The first-order chi connectivity index (χ1) is 16.0. The molecule has 0 radical (unpaired) electrons. The topological polar surface area (TPSA) is 89.0 Å². The SMILES string of the molecule is COc1cc(I)c(/C=N\NC(=O)C[C@@H](NC(=O)c2ccccc2)c2ccccc2)cc1OC. The van der Waals surface area contributed by atoms with Crippen LogP contribution in [0.15, 0.2) is 77.9 Å². The van der Waals surface area contributed by atoms with E-state index in [1.165, 1.54) is 0 Å². The summed E-state index contributed by atoms with van der Waals surface area (Å²) in [7, 11) is 3.13. The third-order valence-electron chi connectivity index (χ3n) is 4.83. The average Bonchev–Trinajstić information content (AvgIpc) is 2.85. The number of benzene rings is 3. The molecule has 0 saturated carbocycles. The smallest absolute Gasteiger partial charge is 0.251 e. The van der Waals surface area contributed by atoms with E-state index < -0.39 is 6.04 Å². The number of carbonyl (C=O) groups excluding carboxylic acids is 2. The lowest BCUT2D eigenvalue weighted by Gasteiger charge is -2.18. The fourth-order valence-corrected chi connectivity index (χ4v) is 3.72. The van der Waals surface area contributed by atoms with E-state index in [-0.39, 0.29) is 18.2 Å². The molecule has 3 aromatic carbocycles. The predicted octanol–water partition coefficient (Wildman–Crippen LogP) is 4.32. The molecule has 170 valence electrons. The van der Waals surface area contributed by atoms with Gasteiger partial charge in [0.15, 0.2) is 11.5 Å². The van der Waals surface area contributed by atoms with E-state index in [4.69, 9.17) is 9.47 Å². The predicted molar refractivity (Wildman–Crippen MR) is 136 cm³/mol. The van der Waals surface area contributed by atoms with Crippen molar-refractivity contribution < 1.29 is 19.1 Å². The van der Waals surface area contributed by atoms with Crippen molar-refractivity contribution in [2.75, 3.05) is 14.2 Å². The number of methoxy groups -OCH3 is 2. The zero-order valence-electron chi connectivity index (χ0n) is 18.2. The Morgan fingerprint density at radius 2 is 1.58 bits per heavy atom. The first kappa shape index (κ1) is 24.2. The highest BCUT2D eigenvalue weighted by Gasteiger charge is 2.19. The van der Waals surface area contributed by atoms with Crippen molar-refractivity contribution in [2.24, 2.45) is 5.10 Å². The Bertz CT molecular complexity index is 1120. The Morgan fingerprint density at radius 1 is 0.970 bits per heavy atom. The fourth-order valence-electron chi connectivity index (χ4n) is 3.14. The van der Waals surface area contributed by atoms with Gasteiger partial charge in [-0.25, -0.2) is 5.43 Å². The zero-order chi connectivity index (χ0) is 23.6. The van der Waals surface area contributed by atoms with E-state index in [1.807, 2.05) is 42.5 Å². The van der Waals surface area contributed by atoms with Gasteiger partial charge in [-0.15, -0.1) is 0 Å². The summed E-state index contributed by atoms with van der Waals surface area (Å²) in [6, 6.07) is 21.4. The highest BCUT2D eigenvalue weighted by molar-refractivity contribution is 14.1. The van der Waals surface area contributed by atoms with Gasteiger partial charge in [0.05, 0.1) is 32.9 Å². The van der Waals surface area contributed by atoms with Gasteiger partial charge >= 0.3 is 0 Å². The summed E-state index contributed by atoms with van der Waals surface area (Å²) in [6.07, 6.45) is 1.57. The molecule has 0 fully saturated rings. The maximum Gasteiger partial charge on any atom is 0.251 e. The van der Waals surface area contributed by atoms with E-state index in [0.29, 0.717) is 17.1 Å². The van der Waals surface area contributed by atoms with E-state index in [2.05, 4.69) is 38.4 Å². The minimum Gasteiger partial charge on any atom is -0.493 e. The number of hydrogen-bond donors (Lipinski definition) is 2. The minimum absolute atomic E-state index is 0.0307. The second kappa shape index (κ2) is 12.0. The molecular weight excluding hydrogens is 533 g/mol. The number of halogens is 1. The van der Waals surface area contributed by atoms with Crippen LogP contribution in [-0.4, -0.2) is 32.2 Å². The van der Waals surface area contributed by atoms with Crippen molar-refractivity contribution >= 4 is 40.6 Å². The van der Waals surface area contributed by atoms with Gasteiger partial charge in [0.2, 0.25) is 5.91 Å². The lowest BCUT2D eigenvalue weighted by Crippen LogP contribution is -2.32. The van der Waals surface area contributed by atoms with Gasteiger partial charge < -0.3 is 14.8 Å². The maximum atomic E-state index is 12.7. The molecule has 3 aromatic rings. The standard InChI is InChI=1S/C25H24IN3O4/c1-32-22-13-19(20(26)14-23(22)33-2)16-27-29-24(30)15-21(17-9-5-3-6-10-17)28-25(31)18-11-7-4-8-12-18/h3-14,16,21H,15H2,1-2H3,(H,28,31)(H,29,30)/b27-16-/t21-/m1/s1. The molecule has 33 heavy (non-hydrogen) atoms. The van der Waals surface area contributed by atoms with E-state index >= 15 is 0 Å². The van der Waals surface area contributed by atoms with Crippen LogP contribution in [0.1, 0.15) is 33.9 Å². The van der Waals surface area contributed by atoms with Gasteiger partial charge in [-0.05, 0) is 52.4 Å². The van der Waals surface area contributed by atoms with Crippen LogP contribution in [0.4, 0.5) is 0 Å². The highest BCUT2D eigenvalue weighted by Crippen LogP contribution is 2.30. The van der Waals surface area contributed by atoms with Crippen molar-refractivity contribution in [1.29, 1.82) is 0 Å². The molecule has 2 N–H and O–H groups in total. The molecule has 0 aliphatic heterocycles. The first-order valence-electron chi connectivity index (χ1n) is 10.2. The number of ether oxygens (including phenoxy) is 2. The molecule has 0 bridgehead atoms. The Morgan fingerprint density at radius 3 is 2.21 bits per heavy atom. The summed E-state index contributed by atoms with van der Waals surface area (Å²) < 4.78 is 11.5. The third-order valence-corrected chi connectivity index (χ3v) is 5.76. The molecule has 8 heteroatoms. The van der Waals surface area contributed by atoms with Crippen LogP contribution < -0.4 is 20.2 Å². The van der Waals surface area contributed by atoms with Gasteiger partial charge in [-0.3, -0.25) is 9.59 Å². The van der Waals surface area contributed by atoms with Crippen molar-refractivity contribution in [3.05, 3.63) is 93.1 Å². The maximum absolute atomic E-state index is 12.7. The quantitative estimate of drug-likeness (QED) is 0.233. The molecule has 1 atom stereocenters. The number of carbonyl (C=O) groups is 2. The third kappa shape index (κ3) is 6.79. The molecular formula is C25H24IN3O4. The molecule has 0 heterocycles. The number of hydrazone groups is 1. The van der Waals surface area contributed by atoms with Crippen LogP contribution in [0.3, 0.4) is 0 Å². The summed E-state index contributed by atoms with van der Waals surface area (Å²) in [5.74, 6) is 0.603. The molecule has 7 nitrogen and oxygen atoms in total. The summed E-state index contributed by atoms with van der Waals surface area (Å²) in [6.45, 7) is 0. The van der Waals surface area contributed by atoms with Crippen LogP contribution in [-0.2, 0) is 4.79 Å². The molecule has 0 unspecified atom stereocenters. The Hall–Kier alpha value is -3.40. The van der Waals surface area contributed by atoms with Crippen LogP contribution in [0, 0.1) is 3.57 Å². The van der Waals surface area contributed by atoms with Gasteiger partial charge in [-0.1, -0.05) is 48.5 Å². The Kier molecular flexibility index (Phi) is 8.82. The number of rotatable bonds is 9. The largest absolute Gasteiger partial charge is 0.493 e. The number of hydrogen-bond acceptors (Lipinski definition) is 5. The summed E-state index contributed by atoms with van der Waals surface area (Å²) >= 11 is 2.16. The second-order valence-electron chi connectivity index (χ2n) is 7.03. The van der Waals surface area contributed by atoms with E-state index in [0.717, 1.165) is 14.7 Å². The van der Waals surface area contributed by atoms with Crippen molar-refractivity contribution in [2.45, 2.75) is 12.5 Å². The van der Waals surface area contributed by atoms with Gasteiger partial charge in [0.1, 0.15) is 0 Å². The van der Waals surface area contributed by atoms with Gasteiger partial charge in [0.25, 0.3) is 5.91 Å². The molecule has 3 rings (SSSR count). The number of nitrogens with zero attached hydrogens (tertiary/aromatic N) is 1. The minimum atomic E-state index is -0.504. The van der Waals surface area contributed by atoms with Crippen LogP contribution in [0.2, 0.25) is 0 Å². The van der Waals surface area contributed by atoms with Crippen molar-refractivity contribution in [3.8, 4) is 11.5 Å². The van der Waals surface area contributed by atoms with Crippen molar-refractivity contribution in [3.63, 3.8) is 0 Å². The molecule has 0 saturated heterocycles. The molecule has 2 amide bonds. The monoisotopic (exact) mass is 557 g/mol. The van der Waals surface area contributed by atoms with Crippen LogP contribution in [0.25, 0.3) is 0 Å². The fraction of sp³-hybridized carbons (Fsp3) is 0.160. The number of amides is 2. The normalized spacial score (nSPS) is 11.6. The summed E-state index contributed by atoms with van der Waals surface area (Å²) in [5, 5.41) is 7.02. The van der Waals surface area contributed by atoms with Gasteiger partial charge in [-0.2, -0.15) is 5.10 Å². The van der Waals surface area contributed by atoms with Crippen molar-refractivity contribution in [1.82, 2.24) is 10.7 Å².